The first-order chi connectivity index (χ1) is 10.5. The molecule has 2 nitrogen and oxygen atoms in total. The van der Waals surface area contributed by atoms with Gasteiger partial charge in [-0.05, 0) is 18.4 Å². The Hall–Kier alpha value is -1.52. The molecule has 0 aliphatic heterocycles. The van der Waals surface area contributed by atoms with Crippen molar-refractivity contribution in [3.05, 3.63) is 35.9 Å². The number of unbranched alkanes of at least 4 members (excludes halogenated alkanes) is 5. The summed E-state index contributed by atoms with van der Waals surface area (Å²) in [6, 6.07) is 9.48. The number of ether oxygens (including phenoxy) is 1. The van der Waals surface area contributed by atoms with E-state index in [9.17, 15) is 18.0 Å². The van der Waals surface area contributed by atoms with Gasteiger partial charge in [-0.2, -0.15) is 13.2 Å². The van der Waals surface area contributed by atoms with E-state index in [1.54, 1.807) is 0 Å². The van der Waals surface area contributed by atoms with Crippen LogP contribution in [0.25, 0.3) is 0 Å². The van der Waals surface area contributed by atoms with Crippen molar-refractivity contribution < 1.29 is 22.7 Å². The van der Waals surface area contributed by atoms with Gasteiger partial charge >= 0.3 is 12.1 Å². The Morgan fingerprint density at radius 1 is 0.909 bits per heavy atom. The van der Waals surface area contributed by atoms with Gasteiger partial charge in [-0.1, -0.05) is 56.0 Å². The van der Waals surface area contributed by atoms with E-state index >= 15 is 0 Å². The number of esters is 1. The second kappa shape index (κ2) is 10.2. The molecule has 5 heteroatoms. The molecule has 22 heavy (non-hydrogen) atoms. The largest absolute Gasteiger partial charge is 0.461 e. The molecule has 0 saturated heterocycles. The van der Waals surface area contributed by atoms with Crippen LogP contribution in [0, 0.1) is 0 Å². The summed E-state index contributed by atoms with van der Waals surface area (Å²) in [6.45, 7) is 0.289. The van der Waals surface area contributed by atoms with Gasteiger partial charge < -0.3 is 4.74 Å². The molecule has 0 aliphatic carbocycles. The number of hydrogen-bond donors (Lipinski definition) is 0. The zero-order valence-electron chi connectivity index (χ0n) is 12.7. The lowest BCUT2D eigenvalue weighted by atomic mass is 10.1. The Kier molecular flexibility index (Phi) is 8.63. The summed E-state index contributed by atoms with van der Waals surface area (Å²) in [6.07, 6.45) is -0.338. The maximum absolute atomic E-state index is 11.9. The number of rotatable bonds is 10. The van der Waals surface area contributed by atoms with Gasteiger partial charge in [0.15, 0.2) is 0 Å². The van der Waals surface area contributed by atoms with E-state index < -0.39 is 12.6 Å². The molecule has 0 unspecified atom stereocenters. The Balaban J connectivity index is 1.93. The number of carbonyl (C=O) groups is 1. The van der Waals surface area contributed by atoms with E-state index in [2.05, 4.69) is 0 Å². The quantitative estimate of drug-likeness (QED) is 0.426. The number of hydrogen-bond acceptors (Lipinski definition) is 2. The fourth-order valence-corrected chi connectivity index (χ4v) is 2.11. The van der Waals surface area contributed by atoms with Crippen molar-refractivity contribution >= 4 is 5.97 Å². The molecular formula is C17H23F3O2. The third-order valence-electron chi connectivity index (χ3n) is 3.33. The molecule has 0 heterocycles. The predicted molar refractivity (Wildman–Crippen MR) is 79.2 cm³/mol. The Morgan fingerprint density at radius 2 is 1.50 bits per heavy atom. The Labute approximate surface area is 129 Å². The summed E-state index contributed by atoms with van der Waals surface area (Å²) in [4.78, 5) is 11.5. The van der Waals surface area contributed by atoms with E-state index in [0.717, 1.165) is 31.2 Å². The molecule has 0 spiro atoms. The van der Waals surface area contributed by atoms with Crippen LogP contribution in [0.1, 0.15) is 56.9 Å². The molecule has 0 atom stereocenters. The van der Waals surface area contributed by atoms with Crippen LogP contribution in [0.5, 0.6) is 0 Å². The maximum Gasteiger partial charge on any atom is 0.389 e. The minimum Gasteiger partial charge on any atom is -0.461 e. The zero-order valence-corrected chi connectivity index (χ0v) is 12.7. The lowest BCUT2D eigenvalue weighted by Gasteiger charge is -2.06. The average molecular weight is 316 g/mol. The minimum atomic E-state index is -4.04. The van der Waals surface area contributed by atoms with Gasteiger partial charge in [0, 0.05) is 12.8 Å². The van der Waals surface area contributed by atoms with Gasteiger partial charge in [0.2, 0.25) is 0 Å². The second-order valence-corrected chi connectivity index (χ2v) is 5.38. The van der Waals surface area contributed by atoms with Gasteiger partial charge in [0.1, 0.15) is 6.61 Å². The number of halogens is 3. The van der Waals surface area contributed by atoms with Gasteiger partial charge in [-0.25, -0.2) is 0 Å². The first kappa shape index (κ1) is 18.5. The fraction of sp³-hybridized carbons (Fsp3) is 0.588. The van der Waals surface area contributed by atoms with E-state index in [-0.39, 0.29) is 19.0 Å². The van der Waals surface area contributed by atoms with Crippen LogP contribution in [0.2, 0.25) is 0 Å². The summed E-state index contributed by atoms with van der Waals surface area (Å²) in [5.74, 6) is -0.221. The van der Waals surface area contributed by atoms with E-state index in [4.69, 9.17) is 4.74 Å². The van der Waals surface area contributed by atoms with Crippen molar-refractivity contribution in [2.24, 2.45) is 0 Å². The highest BCUT2D eigenvalue weighted by Gasteiger charge is 2.25. The van der Waals surface area contributed by atoms with Gasteiger partial charge in [0.25, 0.3) is 0 Å². The van der Waals surface area contributed by atoms with E-state index in [1.807, 2.05) is 30.3 Å². The van der Waals surface area contributed by atoms with Crippen molar-refractivity contribution in [2.45, 2.75) is 64.1 Å². The number of benzene rings is 1. The molecule has 0 radical (unpaired) electrons. The van der Waals surface area contributed by atoms with Crippen LogP contribution in [-0.4, -0.2) is 12.1 Å². The van der Waals surface area contributed by atoms with Gasteiger partial charge in [0.05, 0.1) is 0 Å². The van der Waals surface area contributed by atoms with Crippen LogP contribution < -0.4 is 0 Å². The SMILES string of the molecule is O=C(CCCCCCCCC(F)(F)F)OCc1ccccc1. The standard InChI is InChI=1S/C17H23F3O2/c18-17(19,20)13-9-4-2-1-3-8-12-16(21)22-14-15-10-6-5-7-11-15/h5-7,10-11H,1-4,8-9,12-14H2. The van der Waals surface area contributed by atoms with Crippen LogP contribution >= 0.6 is 0 Å². The maximum atomic E-state index is 11.9. The molecule has 124 valence electrons. The van der Waals surface area contributed by atoms with Crippen LogP contribution in [0.3, 0.4) is 0 Å². The first-order valence-corrected chi connectivity index (χ1v) is 7.74. The highest BCUT2D eigenvalue weighted by Crippen LogP contribution is 2.23. The molecule has 0 saturated carbocycles. The second-order valence-electron chi connectivity index (χ2n) is 5.38. The molecule has 0 N–H and O–H groups in total. The molecule has 0 aromatic heterocycles. The van der Waals surface area contributed by atoms with Crippen molar-refractivity contribution in [2.75, 3.05) is 0 Å². The molecule has 0 amide bonds. The zero-order chi connectivity index (χ0) is 16.3. The van der Waals surface area contributed by atoms with E-state index in [0.29, 0.717) is 12.8 Å². The number of carbonyl (C=O) groups excluding carboxylic acids is 1. The lowest BCUT2D eigenvalue weighted by Crippen LogP contribution is -2.06. The topological polar surface area (TPSA) is 26.3 Å². The summed E-state index contributed by atoms with van der Waals surface area (Å²) in [7, 11) is 0. The van der Waals surface area contributed by atoms with Gasteiger partial charge in [-0.3, -0.25) is 4.79 Å². The normalized spacial score (nSPS) is 11.4. The third-order valence-corrected chi connectivity index (χ3v) is 3.33. The fourth-order valence-electron chi connectivity index (χ4n) is 2.11. The Bertz CT molecular complexity index is 416. The summed E-state index contributed by atoms with van der Waals surface area (Å²) >= 11 is 0. The molecule has 0 bridgehead atoms. The smallest absolute Gasteiger partial charge is 0.389 e. The molecule has 1 aromatic rings. The summed E-state index contributed by atoms with van der Waals surface area (Å²) < 4.78 is 40.9. The third kappa shape index (κ3) is 10.2. The highest BCUT2D eigenvalue weighted by molar-refractivity contribution is 5.69. The predicted octanol–water partition coefficient (Wildman–Crippen LogP) is 5.41. The molecular weight excluding hydrogens is 293 g/mol. The van der Waals surface area contributed by atoms with Crippen molar-refractivity contribution in [3.8, 4) is 0 Å². The monoisotopic (exact) mass is 316 g/mol. The first-order valence-electron chi connectivity index (χ1n) is 7.74. The highest BCUT2D eigenvalue weighted by atomic mass is 19.4. The average Bonchev–Trinajstić information content (AvgIpc) is 2.48. The molecule has 1 aromatic carbocycles. The van der Waals surface area contributed by atoms with Crippen LogP contribution in [0.4, 0.5) is 13.2 Å². The van der Waals surface area contributed by atoms with Crippen molar-refractivity contribution in [1.29, 1.82) is 0 Å². The molecule has 0 fully saturated rings. The minimum absolute atomic E-state index is 0.197. The van der Waals surface area contributed by atoms with Gasteiger partial charge in [-0.15, -0.1) is 0 Å². The summed E-state index contributed by atoms with van der Waals surface area (Å²) in [5.41, 5.74) is 0.959. The Morgan fingerprint density at radius 3 is 2.14 bits per heavy atom. The lowest BCUT2D eigenvalue weighted by molar-refractivity contribution is -0.145. The van der Waals surface area contributed by atoms with Crippen LogP contribution in [-0.2, 0) is 16.1 Å². The van der Waals surface area contributed by atoms with Crippen molar-refractivity contribution in [1.82, 2.24) is 0 Å². The number of alkyl halides is 3. The molecule has 1 rings (SSSR count). The summed E-state index contributed by atoms with van der Waals surface area (Å²) in [5, 5.41) is 0. The molecule has 0 aliphatic rings. The van der Waals surface area contributed by atoms with Crippen molar-refractivity contribution in [3.63, 3.8) is 0 Å². The van der Waals surface area contributed by atoms with Crippen LogP contribution in [0.15, 0.2) is 30.3 Å². The van der Waals surface area contributed by atoms with E-state index in [1.165, 1.54) is 0 Å².